The van der Waals surface area contributed by atoms with Gasteiger partial charge in [0.05, 0.1) is 18.6 Å². The maximum atomic E-state index is 5.01. The number of rotatable bonds is 7. The Labute approximate surface area is 103 Å². The molecule has 96 valence electrons. The first-order valence-corrected chi connectivity index (χ1v) is 6.42. The second-order valence-electron chi connectivity index (χ2n) is 5.35. The molecule has 0 saturated heterocycles. The van der Waals surface area contributed by atoms with Crippen LogP contribution in [0.2, 0.25) is 0 Å². The van der Waals surface area contributed by atoms with E-state index in [9.17, 15) is 0 Å². The predicted molar refractivity (Wildman–Crippen MR) is 67.8 cm³/mol. The number of nitrogens with one attached hydrogen (secondary N) is 1. The highest BCUT2D eigenvalue weighted by Crippen LogP contribution is 2.41. The summed E-state index contributed by atoms with van der Waals surface area (Å²) in [6, 6.07) is 0. The molecule has 0 bridgehead atoms. The number of hydrogen-bond donors (Lipinski definition) is 1. The maximum Gasteiger partial charge on any atom is 0.0948 e. The molecular formula is C13H23N3O. The normalized spacial score (nSPS) is 18.0. The molecule has 4 nitrogen and oxygen atoms in total. The molecule has 0 unspecified atom stereocenters. The number of ether oxygens (including phenoxy) is 1. The summed E-state index contributed by atoms with van der Waals surface area (Å²) < 4.78 is 7.30. The summed E-state index contributed by atoms with van der Waals surface area (Å²) in [5, 5.41) is 3.37. The average Bonchev–Trinajstić information content (AvgIpc) is 2.70. The molecule has 17 heavy (non-hydrogen) atoms. The summed E-state index contributed by atoms with van der Waals surface area (Å²) in [6.07, 6.45) is 7.99. The molecule has 1 N–H and O–H groups in total. The van der Waals surface area contributed by atoms with E-state index in [2.05, 4.69) is 21.8 Å². The van der Waals surface area contributed by atoms with Gasteiger partial charge in [-0.15, -0.1) is 0 Å². The highest BCUT2D eigenvalue weighted by Gasteiger charge is 2.32. The molecule has 0 aromatic carbocycles. The number of nitrogens with zero attached hydrogens (tertiary/aromatic N) is 2. The van der Waals surface area contributed by atoms with Crippen LogP contribution in [0.1, 0.15) is 31.9 Å². The third-order valence-corrected chi connectivity index (χ3v) is 3.70. The minimum absolute atomic E-state index is 0.502. The van der Waals surface area contributed by atoms with Crippen molar-refractivity contribution >= 4 is 0 Å². The summed E-state index contributed by atoms with van der Waals surface area (Å²) >= 11 is 0. The van der Waals surface area contributed by atoms with Crippen LogP contribution in [0.4, 0.5) is 0 Å². The van der Waals surface area contributed by atoms with Gasteiger partial charge in [0.2, 0.25) is 0 Å². The quantitative estimate of drug-likeness (QED) is 0.735. The molecule has 0 spiro atoms. The van der Waals surface area contributed by atoms with Crippen molar-refractivity contribution < 1.29 is 4.74 Å². The van der Waals surface area contributed by atoms with E-state index in [1.165, 1.54) is 25.0 Å². The van der Waals surface area contributed by atoms with E-state index in [1.807, 2.05) is 12.5 Å². The number of imidazole rings is 1. The van der Waals surface area contributed by atoms with E-state index in [-0.39, 0.29) is 0 Å². The summed E-state index contributed by atoms with van der Waals surface area (Å²) in [6.45, 7) is 6.00. The third-order valence-electron chi connectivity index (χ3n) is 3.70. The Bertz CT molecular complexity index is 344. The van der Waals surface area contributed by atoms with Crippen molar-refractivity contribution in [2.24, 2.45) is 5.41 Å². The maximum absolute atomic E-state index is 5.01. The number of aromatic nitrogens is 2. The van der Waals surface area contributed by atoms with Crippen LogP contribution in [0, 0.1) is 5.41 Å². The Morgan fingerprint density at radius 1 is 1.53 bits per heavy atom. The summed E-state index contributed by atoms with van der Waals surface area (Å²) in [5.41, 5.74) is 1.77. The predicted octanol–water partition coefficient (Wildman–Crippen LogP) is 1.81. The molecule has 0 aliphatic heterocycles. The fraction of sp³-hybridized carbons (Fsp3) is 0.769. The lowest BCUT2D eigenvalue weighted by molar-refractivity contribution is 0.130. The third kappa shape index (κ3) is 3.30. The molecule has 1 fully saturated rings. The topological polar surface area (TPSA) is 39.1 Å². The van der Waals surface area contributed by atoms with Crippen molar-refractivity contribution in [2.45, 2.75) is 39.3 Å². The Balaban J connectivity index is 1.83. The molecule has 2 rings (SSSR count). The molecule has 4 heteroatoms. The van der Waals surface area contributed by atoms with Crippen molar-refractivity contribution in [3.05, 3.63) is 18.2 Å². The van der Waals surface area contributed by atoms with E-state index >= 15 is 0 Å². The molecule has 0 atom stereocenters. The zero-order valence-corrected chi connectivity index (χ0v) is 10.9. The van der Waals surface area contributed by atoms with Crippen LogP contribution < -0.4 is 5.32 Å². The zero-order chi connectivity index (χ0) is 12.1. The van der Waals surface area contributed by atoms with E-state index in [1.54, 1.807) is 7.11 Å². The minimum atomic E-state index is 0.502. The van der Waals surface area contributed by atoms with Gasteiger partial charge in [-0.25, -0.2) is 4.98 Å². The average molecular weight is 237 g/mol. The van der Waals surface area contributed by atoms with Gasteiger partial charge in [0.1, 0.15) is 0 Å². The summed E-state index contributed by atoms with van der Waals surface area (Å²) in [7, 11) is 1.73. The van der Waals surface area contributed by atoms with Crippen LogP contribution in [-0.4, -0.2) is 29.8 Å². The molecule has 0 radical (unpaired) electrons. The zero-order valence-electron chi connectivity index (χ0n) is 10.9. The highest BCUT2D eigenvalue weighted by molar-refractivity contribution is 5.00. The second-order valence-corrected chi connectivity index (χ2v) is 5.35. The highest BCUT2D eigenvalue weighted by atomic mass is 16.5. The molecule has 0 amide bonds. The molecular weight excluding hydrogens is 214 g/mol. The summed E-state index contributed by atoms with van der Waals surface area (Å²) in [4.78, 5) is 4.26. The Hall–Kier alpha value is -0.870. The standard InChI is InChI=1S/C13H23N3O/c1-13(4-3-5-13)10-16-11-15-9-12(16)8-14-6-7-17-2/h9,11,14H,3-8,10H2,1-2H3. The van der Waals surface area contributed by atoms with Crippen molar-refractivity contribution in [3.8, 4) is 0 Å². The largest absolute Gasteiger partial charge is 0.383 e. The Morgan fingerprint density at radius 3 is 3.00 bits per heavy atom. The monoisotopic (exact) mass is 237 g/mol. The van der Waals surface area contributed by atoms with Gasteiger partial charge in [-0.05, 0) is 18.3 Å². The Morgan fingerprint density at radius 2 is 2.35 bits per heavy atom. The molecule has 1 aromatic rings. The molecule has 1 aromatic heterocycles. The second kappa shape index (κ2) is 5.65. The number of methoxy groups -OCH3 is 1. The van der Waals surface area contributed by atoms with Crippen LogP contribution >= 0.6 is 0 Å². The first-order valence-electron chi connectivity index (χ1n) is 6.42. The number of hydrogen-bond acceptors (Lipinski definition) is 3. The molecule has 1 saturated carbocycles. The van der Waals surface area contributed by atoms with Gasteiger partial charge in [-0.1, -0.05) is 13.3 Å². The smallest absolute Gasteiger partial charge is 0.0948 e. The van der Waals surface area contributed by atoms with Crippen molar-refractivity contribution in [1.82, 2.24) is 14.9 Å². The van der Waals surface area contributed by atoms with Gasteiger partial charge in [0.25, 0.3) is 0 Å². The van der Waals surface area contributed by atoms with Gasteiger partial charge in [0.15, 0.2) is 0 Å². The lowest BCUT2D eigenvalue weighted by atomic mass is 9.70. The fourth-order valence-electron chi connectivity index (χ4n) is 2.38. The first kappa shape index (κ1) is 12.6. The van der Waals surface area contributed by atoms with Crippen LogP contribution in [0.25, 0.3) is 0 Å². The van der Waals surface area contributed by atoms with Crippen molar-refractivity contribution in [2.75, 3.05) is 20.3 Å². The van der Waals surface area contributed by atoms with E-state index in [4.69, 9.17) is 4.74 Å². The van der Waals surface area contributed by atoms with E-state index < -0.39 is 0 Å². The lowest BCUT2D eigenvalue weighted by Gasteiger charge is -2.39. The van der Waals surface area contributed by atoms with Crippen LogP contribution in [-0.2, 0) is 17.8 Å². The van der Waals surface area contributed by atoms with Gasteiger partial charge >= 0.3 is 0 Å². The minimum Gasteiger partial charge on any atom is -0.383 e. The van der Waals surface area contributed by atoms with Gasteiger partial charge < -0.3 is 14.6 Å². The van der Waals surface area contributed by atoms with Crippen LogP contribution in [0.15, 0.2) is 12.5 Å². The SMILES string of the molecule is COCCNCc1cncn1CC1(C)CCC1. The van der Waals surface area contributed by atoms with Crippen molar-refractivity contribution in [3.63, 3.8) is 0 Å². The van der Waals surface area contributed by atoms with Gasteiger partial charge in [-0.3, -0.25) is 0 Å². The van der Waals surface area contributed by atoms with Crippen molar-refractivity contribution in [1.29, 1.82) is 0 Å². The Kier molecular flexibility index (Phi) is 4.18. The van der Waals surface area contributed by atoms with E-state index in [0.29, 0.717) is 5.41 Å². The van der Waals surface area contributed by atoms with Crippen LogP contribution in [0.3, 0.4) is 0 Å². The van der Waals surface area contributed by atoms with Crippen LogP contribution in [0.5, 0.6) is 0 Å². The lowest BCUT2D eigenvalue weighted by Crippen LogP contribution is -2.31. The van der Waals surface area contributed by atoms with E-state index in [0.717, 1.165) is 26.2 Å². The molecule has 1 aliphatic carbocycles. The molecule has 1 heterocycles. The first-order chi connectivity index (χ1) is 8.23. The van der Waals surface area contributed by atoms with Gasteiger partial charge in [0, 0.05) is 32.9 Å². The summed E-state index contributed by atoms with van der Waals surface area (Å²) in [5.74, 6) is 0. The fourth-order valence-corrected chi connectivity index (χ4v) is 2.38. The molecule has 1 aliphatic rings. The van der Waals surface area contributed by atoms with Gasteiger partial charge in [-0.2, -0.15) is 0 Å².